The van der Waals surface area contributed by atoms with E-state index in [1.54, 1.807) is 12.4 Å². The molecule has 0 spiro atoms. The Morgan fingerprint density at radius 2 is 1.88 bits per heavy atom. The van der Waals surface area contributed by atoms with Crippen LogP contribution in [0, 0.1) is 0 Å². The Morgan fingerprint density at radius 1 is 1.16 bits per heavy atom. The molecule has 0 aliphatic carbocycles. The molecule has 0 bridgehead atoms. The monoisotopic (exact) mass is 356 g/mol. The van der Waals surface area contributed by atoms with Gasteiger partial charge in [-0.2, -0.15) is 0 Å². The van der Waals surface area contributed by atoms with Gasteiger partial charge in [0, 0.05) is 23.6 Å². The molecule has 2 heterocycles. The van der Waals surface area contributed by atoms with Gasteiger partial charge in [0.15, 0.2) is 11.0 Å². The van der Waals surface area contributed by atoms with Crippen LogP contribution in [0.4, 0.5) is 0 Å². The molecule has 2 aromatic heterocycles. The lowest BCUT2D eigenvalue weighted by molar-refractivity contribution is -0.133. The number of benzene rings is 1. The molecule has 0 radical (unpaired) electrons. The topological polar surface area (TPSA) is 90.1 Å². The molecule has 0 saturated carbocycles. The molecule has 0 saturated heterocycles. The van der Waals surface area contributed by atoms with E-state index in [0.29, 0.717) is 17.6 Å². The molecule has 1 N–H and O–H groups in total. The number of carboxylic acids is 1. The molecule has 1 aromatic carbocycles. The second-order valence-corrected chi connectivity index (χ2v) is 5.93. The zero-order chi connectivity index (χ0) is 17.6. The Kier molecular flexibility index (Phi) is 5.30. The van der Waals surface area contributed by atoms with Crippen molar-refractivity contribution in [3.8, 4) is 22.8 Å². The van der Waals surface area contributed by atoms with Crippen molar-refractivity contribution in [3.05, 3.63) is 48.8 Å². The van der Waals surface area contributed by atoms with Gasteiger partial charge in [-0.3, -0.25) is 14.3 Å². The highest BCUT2D eigenvalue weighted by atomic mass is 32.2. The maximum atomic E-state index is 10.9. The van der Waals surface area contributed by atoms with Crippen LogP contribution in [0.15, 0.2) is 53.9 Å². The van der Waals surface area contributed by atoms with Crippen molar-refractivity contribution >= 4 is 17.7 Å². The van der Waals surface area contributed by atoms with E-state index in [1.165, 1.54) is 0 Å². The van der Waals surface area contributed by atoms with Gasteiger partial charge in [0.1, 0.15) is 5.75 Å². The molecule has 3 aromatic rings. The van der Waals surface area contributed by atoms with E-state index in [9.17, 15) is 4.79 Å². The zero-order valence-electron chi connectivity index (χ0n) is 13.5. The summed E-state index contributed by atoms with van der Waals surface area (Å²) >= 11 is 1.12. The van der Waals surface area contributed by atoms with Gasteiger partial charge in [-0.15, -0.1) is 10.2 Å². The van der Waals surface area contributed by atoms with Crippen LogP contribution in [0.2, 0.25) is 0 Å². The van der Waals surface area contributed by atoms with Gasteiger partial charge in [-0.05, 0) is 43.3 Å². The first-order valence-electron chi connectivity index (χ1n) is 7.62. The summed E-state index contributed by atoms with van der Waals surface area (Å²) in [6.07, 6.45) is 3.35. The molecule has 0 unspecified atom stereocenters. The fraction of sp³-hybridized carbons (Fsp3) is 0.176. The summed E-state index contributed by atoms with van der Waals surface area (Å²) in [7, 11) is 0. The third kappa shape index (κ3) is 3.97. The first-order valence-corrected chi connectivity index (χ1v) is 8.61. The van der Waals surface area contributed by atoms with Gasteiger partial charge in [-0.25, -0.2) is 0 Å². The Labute approximate surface area is 148 Å². The second-order valence-electron chi connectivity index (χ2n) is 4.99. The highest BCUT2D eigenvalue weighted by molar-refractivity contribution is 7.99. The van der Waals surface area contributed by atoms with Gasteiger partial charge in [0.25, 0.3) is 0 Å². The highest BCUT2D eigenvalue weighted by Crippen LogP contribution is 2.28. The number of hydrogen-bond donors (Lipinski definition) is 1. The number of aliphatic carboxylic acids is 1. The van der Waals surface area contributed by atoms with Crippen LogP contribution >= 0.6 is 11.8 Å². The molecule has 25 heavy (non-hydrogen) atoms. The van der Waals surface area contributed by atoms with E-state index in [1.807, 2.05) is 47.9 Å². The van der Waals surface area contributed by atoms with Crippen molar-refractivity contribution in [2.24, 2.45) is 0 Å². The first-order chi connectivity index (χ1) is 12.2. The second kappa shape index (κ2) is 7.80. The molecule has 0 amide bonds. The predicted octanol–water partition coefficient (Wildman–Crippen LogP) is 2.90. The number of pyridine rings is 1. The van der Waals surface area contributed by atoms with Crippen LogP contribution in [-0.4, -0.2) is 43.2 Å². The minimum atomic E-state index is -0.906. The fourth-order valence-electron chi connectivity index (χ4n) is 2.27. The quantitative estimate of drug-likeness (QED) is 0.651. The normalized spacial score (nSPS) is 10.6. The molecule has 3 rings (SSSR count). The van der Waals surface area contributed by atoms with Crippen molar-refractivity contribution in [1.29, 1.82) is 0 Å². The van der Waals surface area contributed by atoms with Crippen LogP contribution < -0.4 is 4.74 Å². The minimum Gasteiger partial charge on any atom is -0.494 e. The maximum absolute atomic E-state index is 10.9. The number of thioether (sulfide) groups is 1. The van der Waals surface area contributed by atoms with Crippen molar-refractivity contribution in [3.63, 3.8) is 0 Å². The standard InChI is InChI=1S/C17H16N4O3S/c1-2-24-14-5-3-13(4-6-14)21-16(12-7-9-18-10-8-12)19-20-17(21)25-11-15(22)23/h3-10H,2,11H2,1H3,(H,22,23). The first kappa shape index (κ1) is 17.0. The third-order valence-electron chi connectivity index (χ3n) is 3.30. The van der Waals surface area contributed by atoms with E-state index in [2.05, 4.69) is 15.2 Å². The number of aromatic nitrogens is 4. The number of rotatable bonds is 7. The van der Waals surface area contributed by atoms with E-state index < -0.39 is 5.97 Å². The number of carboxylic acid groups (broad SMARTS) is 1. The molecule has 0 aliphatic rings. The van der Waals surface area contributed by atoms with Crippen LogP contribution in [0.5, 0.6) is 5.75 Å². The Morgan fingerprint density at radius 3 is 2.52 bits per heavy atom. The van der Waals surface area contributed by atoms with Crippen molar-refractivity contribution < 1.29 is 14.6 Å². The molecule has 128 valence electrons. The van der Waals surface area contributed by atoms with Crippen molar-refractivity contribution in [2.45, 2.75) is 12.1 Å². The van der Waals surface area contributed by atoms with Gasteiger partial charge >= 0.3 is 5.97 Å². The van der Waals surface area contributed by atoms with Crippen LogP contribution in [0.1, 0.15) is 6.92 Å². The average Bonchev–Trinajstić information content (AvgIpc) is 3.05. The van der Waals surface area contributed by atoms with Crippen LogP contribution in [0.3, 0.4) is 0 Å². The molecule has 0 aliphatic heterocycles. The van der Waals surface area contributed by atoms with Crippen molar-refractivity contribution in [1.82, 2.24) is 19.7 Å². The lowest BCUT2D eigenvalue weighted by atomic mass is 10.2. The van der Waals surface area contributed by atoms with Gasteiger partial charge < -0.3 is 9.84 Å². The summed E-state index contributed by atoms with van der Waals surface area (Å²) in [6, 6.07) is 11.2. The summed E-state index contributed by atoms with van der Waals surface area (Å²) in [6.45, 7) is 2.52. The van der Waals surface area contributed by atoms with E-state index >= 15 is 0 Å². The fourth-order valence-corrected chi connectivity index (χ4v) is 2.94. The molecular formula is C17H16N4O3S. The molecule has 0 fully saturated rings. The largest absolute Gasteiger partial charge is 0.494 e. The lowest BCUT2D eigenvalue weighted by Gasteiger charge is -2.11. The summed E-state index contributed by atoms with van der Waals surface area (Å²) in [4.78, 5) is 14.9. The summed E-state index contributed by atoms with van der Waals surface area (Å²) < 4.78 is 7.30. The Hall–Kier alpha value is -2.87. The van der Waals surface area contributed by atoms with E-state index in [-0.39, 0.29) is 5.75 Å². The summed E-state index contributed by atoms with van der Waals surface area (Å²) in [5, 5.41) is 17.9. The predicted molar refractivity (Wildman–Crippen MR) is 94.1 cm³/mol. The lowest BCUT2D eigenvalue weighted by Crippen LogP contribution is -2.03. The highest BCUT2D eigenvalue weighted by Gasteiger charge is 2.17. The molecule has 8 heteroatoms. The van der Waals surface area contributed by atoms with Crippen molar-refractivity contribution in [2.75, 3.05) is 12.4 Å². The molecule has 7 nitrogen and oxygen atoms in total. The molecule has 0 atom stereocenters. The minimum absolute atomic E-state index is 0.0918. The molecular weight excluding hydrogens is 340 g/mol. The van der Waals surface area contributed by atoms with E-state index in [0.717, 1.165) is 28.8 Å². The maximum Gasteiger partial charge on any atom is 0.313 e. The Balaban J connectivity index is 2.04. The number of hydrogen-bond acceptors (Lipinski definition) is 6. The third-order valence-corrected chi connectivity index (χ3v) is 4.22. The van der Waals surface area contributed by atoms with Gasteiger partial charge in [0.2, 0.25) is 0 Å². The smallest absolute Gasteiger partial charge is 0.313 e. The van der Waals surface area contributed by atoms with Gasteiger partial charge in [0.05, 0.1) is 12.4 Å². The van der Waals surface area contributed by atoms with Crippen LogP contribution in [-0.2, 0) is 4.79 Å². The van der Waals surface area contributed by atoms with Crippen LogP contribution in [0.25, 0.3) is 17.1 Å². The van der Waals surface area contributed by atoms with Gasteiger partial charge in [-0.1, -0.05) is 11.8 Å². The summed E-state index contributed by atoms with van der Waals surface area (Å²) in [5.41, 5.74) is 1.67. The number of nitrogens with zero attached hydrogens (tertiary/aromatic N) is 4. The zero-order valence-corrected chi connectivity index (χ0v) is 14.3. The SMILES string of the molecule is CCOc1ccc(-n2c(SCC(=O)O)nnc2-c2ccncc2)cc1. The number of ether oxygens (including phenoxy) is 1. The Bertz CT molecular complexity index is 850. The summed E-state index contributed by atoms with van der Waals surface area (Å²) in [5.74, 6) is 0.395. The average molecular weight is 356 g/mol. The van der Waals surface area contributed by atoms with E-state index in [4.69, 9.17) is 9.84 Å². The number of carbonyl (C=O) groups is 1.